The highest BCUT2D eigenvalue weighted by atomic mass is 32.1. The first-order valence-electron chi connectivity index (χ1n) is 5.60. The molecule has 0 radical (unpaired) electrons. The molecule has 2 aromatic rings. The van der Waals surface area contributed by atoms with Crippen LogP contribution in [-0.2, 0) is 12.8 Å². The molecule has 1 atom stereocenters. The van der Waals surface area contributed by atoms with Crippen LogP contribution in [0, 0.1) is 0 Å². The van der Waals surface area contributed by atoms with E-state index in [4.69, 9.17) is 0 Å². The van der Waals surface area contributed by atoms with Crippen molar-refractivity contribution in [1.82, 2.24) is 9.55 Å². The number of nitrogens with zero attached hydrogens (tertiary/aromatic N) is 2. The normalized spacial score (nSPS) is 19.7. The van der Waals surface area contributed by atoms with Crippen LogP contribution in [0.2, 0.25) is 0 Å². The Morgan fingerprint density at radius 3 is 3.25 bits per heavy atom. The Hall–Kier alpha value is -1.13. The fraction of sp³-hybridized carbons (Fsp3) is 0.417. The van der Waals surface area contributed by atoms with Crippen LogP contribution in [0.25, 0.3) is 0 Å². The van der Waals surface area contributed by atoms with Crippen LogP contribution >= 0.6 is 11.3 Å². The number of imidazole rings is 1. The molecule has 0 amide bonds. The zero-order chi connectivity index (χ0) is 11.0. The van der Waals surface area contributed by atoms with Crippen molar-refractivity contribution in [2.24, 2.45) is 0 Å². The largest absolute Gasteiger partial charge is 0.373 e. The lowest BCUT2D eigenvalue weighted by molar-refractivity contribution is 0.0780. The first kappa shape index (κ1) is 10.1. The summed E-state index contributed by atoms with van der Waals surface area (Å²) in [5, 5.41) is 11.9. The van der Waals surface area contributed by atoms with Crippen LogP contribution in [-0.4, -0.2) is 14.7 Å². The molecular weight excluding hydrogens is 220 g/mol. The van der Waals surface area contributed by atoms with E-state index in [0.29, 0.717) is 0 Å². The van der Waals surface area contributed by atoms with Crippen molar-refractivity contribution >= 4 is 11.3 Å². The summed E-state index contributed by atoms with van der Waals surface area (Å²) in [6.07, 6.45) is 5.39. The molecule has 1 aliphatic heterocycles. The lowest BCUT2D eigenvalue weighted by Gasteiger charge is -2.19. The summed E-state index contributed by atoms with van der Waals surface area (Å²) in [6, 6.07) is 4.18. The maximum atomic E-state index is 9.83. The average molecular weight is 234 g/mol. The molecule has 84 valence electrons. The topological polar surface area (TPSA) is 38.1 Å². The molecule has 4 heteroatoms. The molecule has 0 saturated carbocycles. The summed E-state index contributed by atoms with van der Waals surface area (Å²) < 4.78 is 1.92. The maximum Gasteiger partial charge on any atom is 0.131 e. The zero-order valence-electron chi connectivity index (χ0n) is 8.97. The molecule has 0 fully saturated rings. The Morgan fingerprint density at radius 2 is 2.50 bits per heavy atom. The first-order chi connectivity index (χ1) is 7.83. The van der Waals surface area contributed by atoms with Crippen LogP contribution in [0.5, 0.6) is 0 Å². The van der Waals surface area contributed by atoms with E-state index in [2.05, 4.69) is 22.5 Å². The van der Waals surface area contributed by atoms with Crippen molar-refractivity contribution in [2.75, 3.05) is 0 Å². The summed E-state index contributed by atoms with van der Waals surface area (Å²) in [4.78, 5) is 5.91. The molecule has 0 saturated heterocycles. The van der Waals surface area contributed by atoms with Crippen LogP contribution < -0.4 is 0 Å². The second kappa shape index (κ2) is 4.03. The number of aliphatic hydroxyl groups is 1. The minimum Gasteiger partial charge on any atom is -0.373 e. The second-order valence-electron chi connectivity index (χ2n) is 4.18. The summed E-state index contributed by atoms with van der Waals surface area (Å²) >= 11 is 1.75. The van der Waals surface area contributed by atoms with Gasteiger partial charge >= 0.3 is 0 Å². The van der Waals surface area contributed by atoms with Crippen LogP contribution in [0.4, 0.5) is 0 Å². The molecule has 16 heavy (non-hydrogen) atoms. The molecule has 3 heterocycles. The Kier molecular flexibility index (Phi) is 2.53. The molecule has 0 bridgehead atoms. The van der Waals surface area contributed by atoms with Crippen molar-refractivity contribution in [3.05, 3.63) is 40.1 Å². The van der Waals surface area contributed by atoms with E-state index in [1.165, 1.54) is 4.88 Å². The van der Waals surface area contributed by atoms with Gasteiger partial charge in [-0.3, -0.25) is 0 Å². The third kappa shape index (κ3) is 1.79. The van der Waals surface area contributed by atoms with E-state index in [0.717, 1.165) is 37.2 Å². The standard InChI is InChI=1S/C12H14N2OS/c15-12-5-1-4-11-13-9(8-14(11)12)7-10-3-2-6-16-10/h2-3,6,8,12,15H,1,4-5,7H2. The van der Waals surface area contributed by atoms with Gasteiger partial charge in [-0.25, -0.2) is 4.98 Å². The quantitative estimate of drug-likeness (QED) is 0.866. The molecule has 0 aliphatic carbocycles. The first-order valence-corrected chi connectivity index (χ1v) is 6.48. The molecule has 1 unspecified atom stereocenters. The maximum absolute atomic E-state index is 9.83. The third-order valence-corrected chi connectivity index (χ3v) is 3.85. The van der Waals surface area contributed by atoms with E-state index in [1.807, 2.05) is 10.8 Å². The van der Waals surface area contributed by atoms with Crippen molar-refractivity contribution in [3.63, 3.8) is 0 Å². The lowest BCUT2D eigenvalue weighted by Crippen LogP contribution is -2.16. The molecule has 1 aliphatic rings. The number of aliphatic hydroxyl groups excluding tert-OH is 1. The molecule has 3 nitrogen and oxygen atoms in total. The van der Waals surface area contributed by atoms with E-state index in [9.17, 15) is 5.11 Å². The molecule has 0 aromatic carbocycles. The number of rotatable bonds is 2. The van der Waals surface area contributed by atoms with Crippen molar-refractivity contribution in [1.29, 1.82) is 0 Å². The predicted molar refractivity (Wildman–Crippen MR) is 63.5 cm³/mol. The van der Waals surface area contributed by atoms with E-state index >= 15 is 0 Å². The van der Waals surface area contributed by atoms with Crippen molar-refractivity contribution in [3.8, 4) is 0 Å². The number of aromatic nitrogens is 2. The van der Waals surface area contributed by atoms with E-state index in [-0.39, 0.29) is 6.23 Å². The van der Waals surface area contributed by atoms with Gasteiger partial charge in [0.25, 0.3) is 0 Å². The number of fused-ring (bicyclic) bond motifs is 1. The van der Waals surface area contributed by atoms with Gasteiger partial charge in [-0.2, -0.15) is 0 Å². The fourth-order valence-electron chi connectivity index (χ4n) is 2.19. The summed E-state index contributed by atoms with van der Waals surface area (Å²) in [5.41, 5.74) is 1.07. The number of thiophene rings is 1. The van der Waals surface area contributed by atoms with Crippen molar-refractivity contribution < 1.29 is 5.11 Å². The highest BCUT2D eigenvalue weighted by molar-refractivity contribution is 7.09. The van der Waals surface area contributed by atoms with Gasteiger partial charge in [0.05, 0.1) is 5.69 Å². The Labute approximate surface area is 98.4 Å². The minimum atomic E-state index is -0.367. The summed E-state index contributed by atoms with van der Waals surface area (Å²) in [6.45, 7) is 0. The summed E-state index contributed by atoms with van der Waals surface area (Å²) in [7, 11) is 0. The van der Waals surface area contributed by atoms with Gasteiger partial charge in [-0.1, -0.05) is 6.07 Å². The average Bonchev–Trinajstić information content (AvgIpc) is 2.88. The highest BCUT2D eigenvalue weighted by Crippen LogP contribution is 2.24. The zero-order valence-corrected chi connectivity index (χ0v) is 9.78. The van der Waals surface area contributed by atoms with Gasteiger partial charge < -0.3 is 9.67 Å². The SMILES string of the molecule is OC1CCCc2nc(Cc3cccs3)cn21. The third-order valence-electron chi connectivity index (χ3n) is 2.98. The van der Waals surface area contributed by atoms with Gasteiger partial charge in [0.15, 0.2) is 0 Å². The van der Waals surface area contributed by atoms with Gasteiger partial charge in [-0.05, 0) is 24.3 Å². The highest BCUT2D eigenvalue weighted by Gasteiger charge is 2.19. The van der Waals surface area contributed by atoms with E-state index in [1.54, 1.807) is 11.3 Å². The number of aryl methyl sites for hydroxylation is 1. The van der Waals surface area contributed by atoms with Gasteiger partial charge in [-0.15, -0.1) is 11.3 Å². The minimum absolute atomic E-state index is 0.367. The van der Waals surface area contributed by atoms with Crippen LogP contribution in [0.1, 0.15) is 35.5 Å². The molecule has 2 aromatic heterocycles. The number of hydrogen-bond acceptors (Lipinski definition) is 3. The second-order valence-corrected chi connectivity index (χ2v) is 5.22. The molecule has 0 spiro atoms. The van der Waals surface area contributed by atoms with Gasteiger partial charge in [0.1, 0.15) is 12.1 Å². The molecule has 3 rings (SSSR count). The predicted octanol–water partition coefficient (Wildman–Crippen LogP) is 2.36. The molecular formula is C12H14N2OS. The van der Waals surface area contributed by atoms with Crippen LogP contribution in [0.3, 0.4) is 0 Å². The van der Waals surface area contributed by atoms with Gasteiger partial charge in [0.2, 0.25) is 0 Å². The van der Waals surface area contributed by atoms with E-state index < -0.39 is 0 Å². The fourth-order valence-corrected chi connectivity index (χ4v) is 2.91. The smallest absolute Gasteiger partial charge is 0.131 e. The van der Waals surface area contributed by atoms with Crippen molar-refractivity contribution in [2.45, 2.75) is 31.9 Å². The lowest BCUT2D eigenvalue weighted by atomic mass is 10.1. The Morgan fingerprint density at radius 1 is 1.56 bits per heavy atom. The van der Waals surface area contributed by atoms with Gasteiger partial charge in [0, 0.05) is 23.9 Å². The molecule has 1 N–H and O–H groups in total. The monoisotopic (exact) mass is 234 g/mol. The number of hydrogen-bond donors (Lipinski definition) is 1. The Balaban J connectivity index is 1.87. The van der Waals surface area contributed by atoms with Crippen LogP contribution in [0.15, 0.2) is 23.7 Å². The summed E-state index contributed by atoms with van der Waals surface area (Å²) in [5.74, 6) is 1.03. The Bertz CT molecular complexity index is 475.